The van der Waals surface area contributed by atoms with Crippen molar-refractivity contribution in [3.8, 4) is 22.7 Å². The molecule has 4 heterocycles. The van der Waals surface area contributed by atoms with Gasteiger partial charge in [-0.1, -0.05) is 0 Å². The highest BCUT2D eigenvalue weighted by atomic mass is 16.3. The summed E-state index contributed by atoms with van der Waals surface area (Å²) in [6, 6.07) is 7.30. The summed E-state index contributed by atoms with van der Waals surface area (Å²) < 4.78 is 1.85. The standard InChI is InChI=1S/C21H24N6O/c1-26(17-8-14-2-3-15(9-17)25-14)21-12-23-19(11-24-21)18-5-4-16(10-20(18)28)27-7-6-22-13-27/h4-7,10-15,17,25,28H,2-3,8-9H2,1H3/t14-,15+,17+. The van der Waals surface area contributed by atoms with Crippen molar-refractivity contribution in [2.24, 2.45) is 0 Å². The van der Waals surface area contributed by atoms with Gasteiger partial charge in [-0.15, -0.1) is 0 Å². The van der Waals surface area contributed by atoms with Crippen LogP contribution in [-0.4, -0.2) is 49.8 Å². The number of hydrogen-bond acceptors (Lipinski definition) is 6. The minimum atomic E-state index is 0.177. The number of fused-ring (bicyclic) bond motifs is 2. The number of nitrogens with one attached hydrogen (secondary N) is 1. The van der Waals surface area contributed by atoms with Gasteiger partial charge in [0, 0.05) is 49.2 Å². The van der Waals surface area contributed by atoms with Crippen LogP contribution in [0.4, 0.5) is 5.82 Å². The van der Waals surface area contributed by atoms with E-state index in [1.54, 1.807) is 24.8 Å². The second kappa shape index (κ2) is 6.91. The van der Waals surface area contributed by atoms with Crippen molar-refractivity contribution in [1.29, 1.82) is 0 Å². The normalized spacial score (nSPS) is 23.7. The molecule has 0 amide bonds. The molecule has 0 spiro atoms. The average molecular weight is 376 g/mol. The summed E-state index contributed by atoms with van der Waals surface area (Å²) in [5.74, 6) is 1.06. The number of phenols is 1. The lowest BCUT2D eigenvalue weighted by atomic mass is 9.98. The summed E-state index contributed by atoms with van der Waals surface area (Å²) in [4.78, 5) is 15.5. The molecule has 28 heavy (non-hydrogen) atoms. The third-order valence-corrected chi connectivity index (χ3v) is 6.06. The molecule has 3 atom stereocenters. The molecule has 2 fully saturated rings. The van der Waals surface area contributed by atoms with Crippen molar-refractivity contribution in [3.63, 3.8) is 0 Å². The Labute approximate surface area is 164 Å². The fraction of sp³-hybridized carbons (Fsp3) is 0.381. The third-order valence-electron chi connectivity index (χ3n) is 6.06. The van der Waals surface area contributed by atoms with Crippen LogP contribution in [0.25, 0.3) is 16.9 Å². The Morgan fingerprint density at radius 1 is 1.14 bits per heavy atom. The maximum absolute atomic E-state index is 10.5. The van der Waals surface area contributed by atoms with Crippen LogP contribution in [0.15, 0.2) is 49.3 Å². The molecule has 5 rings (SSSR count). The van der Waals surface area contributed by atoms with Gasteiger partial charge < -0.3 is 19.9 Å². The van der Waals surface area contributed by atoms with Crippen LogP contribution in [0.2, 0.25) is 0 Å². The molecule has 7 nitrogen and oxygen atoms in total. The summed E-state index contributed by atoms with van der Waals surface area (Å²) in [7, 11) is 2.11. The topological polar surface area (TPSA) is 79.1 Å². The van der Waals surface area contributed by atoms with Gasteiger partial charge in [-0.05, 0) is 37.8 Å². The Kier molecular flexibility index (Phi) is 4.24. The van der Waals surface area contributed by atoms with Crippen LogP contribution in [0, 0.1) is 0 Å². The lowest BCUT2D eigenvalue weighted by molar-refractivity contribution is 0.353. The van der Waals surface area contributed by atoms with Gasteiger partial charge >= 0.3 is 0 Å². The first-order chi connectivity index (χ1) is 13.7. The van der Waals surface area contributed by atoms with E-state index < -0.39 is 0 Å². The highest BCUT2D eigenvalue weighted by Crippen LogP contribution is 2.32. The molecule has 1 aromatic carbocycles. The Morgan fingerprint density at radius 3 is 2.61 bits per heavy atom. The van der Waals surface area contributed by atoms with Gasteiger partial charge in [0.2, 0.25) is 0 Å². The lowest BCUT2D eigenvalue weighted by Crippen LogP contribution is -2.47. The molecule has 2 aliphatic heterocycles. The number of aromatic hydroxyl groups is 1. The van der Waals surface area contributed by atoms with Crippen LogP contribution < -0.4 is 10.2 Å². The molecule has 2 aromatic heterocycles. The number of benzene rings is 1. The van der Waals surface area contributed by atoms with E-state index in [1.165, 1.54) is 12.8 Å². The summed E-state index contributed by atoms with van der Waals surface area (Å²) in [5.41, 5.74) is 2.19. The molecular formula is C21H24N6O. The Bertz CT molecular complexity index is 944. The Hall–Kier alpha value is -2.93. The molecule has 3 aromatic rings. The number of aromatic nitrogens is 4. The van der Waals surface area contributed by atoms with Gasteiger partial charge in [-0.2, -0.15) is 0 Å². The van der Waals surface area contributed by atoms with Gasteiger partial charge in [0.15, 0.2) is 0 Å². The van der Waals surface area contributed by atoms with Gasteiger partial charge in [0.1, 0.15) is 11.6 Å². The molecule has 0 saturated carbocycles. The number of hydrogen-bond donors (Lipinski definition) is 2. The van der Waals surface area contributed by atoms with Crippen molar-refractivity contribution in [3.05, 3.63) is 49.3 Å². The van der Waals surface area contributed by atoms with E-state index >= 15 is 0 Å². The Morgan fingerprint density at radius 2 is 1.96 bits per heavy atom. The molecule has 2 saturated heterocycles. The number of piperidine rings is 1. The van der Waals surface area contributed by atoms with Gasteiger partial charge in [-0.3, -0.25) is 4.98 Å². The zero-order valence-corrected chi connectivity index (χ0v) is 15.9. The van der Waals surface area contributed by atoms with E-state index in [1.807, 2.05) is 29.1 Å². The number of imidazole rings is 1. The molecule has 7 heteroatoms. The largest absolute Gasteiger partial charge is 0.507 e. The second-order valence-corrected chi connectivity index (χ2v) is 7.81. The zero-order valence-electron chi connectivity index (χ0n) is 15.9. The first-order valence-corrected chi connectivity index (χ1v) is 9.80. The third kappa shape index (κ3) is 3.11. The summed E-state index contributed by atoms with van der Waals surface area (Å²) in [6.07, 6.45) is 13.7. The summed E-state index contributed by atoms with van der Waals surface area (Å²) in [6.45, 7) is 0. The van der Waals surface area contributed by atoms with Gasteiger partial charge in [0.25, 0.3) is 0 Å². The molecule has 2 aliphatic rings. The Balaban J connectivity index is 1.35. The van der Waals surface area contributed by atoms with Crippen LogP contribution in [0.1, 0.15) is 25.7 Å². The second-order valence-electron chi connectivity index (χ2n) is 7.81. The van der Waals surface area contributed by atoms with E-state index in [4.69, 9.17) is 0 Å². The molecule has 0 aliphatic carbocycles. The van der Waals surface area contributed by atoms with E-state index in [2.05, 4.69) is 32.2 Å². The van der Waals surface area contributed by atoms with Crippen LogP contribution in [0.3, 0.4) is 0 Å². The maximum Gasteiger partial charge on any atom is 0.147 e. The smallest absolute Gasteiger partial charge is 0.147 e. The van der Waals surface area contributed by atoms with E-state index in [9.17, 15) is 5.11 Å². The molecule has 144 valence electrons. The van der Waals surface area contributed by atoms with Crippen molar-refractivity contribution >= 4 is 5.82 Å². The fourth-order valence-electron chi connectivity index (χ4n) is 4.48. The minimum absolute atomic E-state index is 0.177. The van der Waals surface area contributed by atoms with Crippen molar-refractivity contribution < 1.29 is 5.11 Å². The maximum atomic E-state index is 10.5. The van der Waals surface area contributed by atoms with Gasteiger partial charge in [-0.25, -0.2) is 9.97 Å². The number of nitrogens with zero attached hydrogens (tertiary/aromatic N) is 5. The van der Waals surface area contributed by atoms with Gasteiger partial charge in [0.05, 0.1) is 30.1 Å². The van der Waals surface area contributed by atoms with Crippen LogP contribution in [-0.2, 0) is 0 Å². The molecule has 2 N–H and O–H groups in total. The van der Waals surface area contributed by atoms with E-state index in [0.717, 1.165) is 24.3 Å². The summed E-state index contributed by atoms with van der Waals surface area (Å²) >= 11 is 0. The molecule has 0 unspecified atom stereocenters. The fourth-order valence-corrected chi connectivity index (χ4v) is 4.48. The first kappa shape index (κ1) is 17.2. The lowest BCUT2D eigenvalue weighted by Gasteiger charge is -2.36. The monoisotopic (exact) mass is 376 g/mol. The number of phenolic OH excluding ortho intramolecular Hbond substituents is 1. The average Bonchev–Trinajstić information content (AvgIpc) is 3.37. The molecule has 0 radical (unpaired) electrons. The van der Waals surface area contributed by atoms with Crippen molar-refractivity contribution in [2.75, 3.05) is 11.9 Å². The summed E-state index contributed by atoms with van der Waals surface area (Å²) in [5, 5.41) is 14.2. The van der Waals surface area contributed by atoms with E-state index in [-0.39, 0.29) is 5.75 Å². The number of rotatable bonds is 4. The van der Waals surface area contributed by atoms with Crippen molar-refractivity contribution in [2.45, 2.75) is 43.8 Å². The molecular weight excluding hydrogens is 352 g/mol. The quantitative estimate of drug-likeness (QED) is 0.729. The predicted molar refractivity (Wildman–Crippen MR) is 108 cm³/mol. The minimum Gasteiger partial charge on any atom is -0.507 e. The SMILES string of the molecule is CN(c1cnc(-c2ccc(-n3ccnc3)cc2O)cn1)[C@H]1C[C@H]2CC[C@@H](C1)N2. The van der Waals surface area contributed by atoms with Crippen LogP contribution in [0.5, 0.6) is 5.75 Å². The van der Waals surface area contributed by atoms with E-state index in [0.29, 0.717) is 29.4 Å². The van der Waals surface area contributed by atoms with Crippen molar-refractivity contribution in [1.82, 2.24) is 24.8 Å². The van der Waals surface area contributed by atoms with Crippen LogP contribution >= 0.6 is 0 Å². The zero-order chi connectivity index (χ0) is 19.1. The highest BCUT2D eigenvalue weighted by Gasteiger charge is 2.35. The highest BCUT2D eigenvalue weighted by molar-refractivity contribution is 5.68. The molecule has 2 bridgehead atoms. The predicted octanol–water partition coefficient (Wildman–Crippen LogP) is 2.75. The first-order valence-electron chi connectivity index (χ1n) is 9.80. The number of anilines is 1.